The molecule has 1 aromatic carbocycles. The number of fused-ring (bicyclic) bond motifs is 1. The zero-order chi connectivity index (χ0) is 11.5. The molecule has 0 spiro atoms. The maximum absolute atomic E-state index is 5.13. The summed E-state index contributed by atoms with van der Waals surface area (Å²) in [7, 11) is 3.61. The summed E-state index contributed by atoms with van der Waals surface area (Å²) in [5.41, 5.74) is 4.28. The van der Waals surface area contributed by atoms with E-state index in [1.165, 1.54) is 5.56 Å². The zero-order valence-corrected chi connectivity index (χ0v) is 9.87. The molecule has 0 amide bonds. The first-order valence-corrected chi connectivity index (χ1v) is 5.32. The number of aromatic nitrogens is 1. The molecular weight excluding hydrogens is 200 g/mol. The maximum Gasteiger partial charge on any atom is 0.0885 e. The summed E-state index contributed by atoms with van der Waals surface area (Å²) in [6.45, 7) is 2.62. The van der Waals surface area contributed by atoms with E-state index in [1.807, 2.05) is 13.1 Å². The molecule has 1 heterocycles. The number of pyridine rings is 1. The van der Waals surface area contributed by atoms with E-state index in [0.29, 0.717) is 6.61 Å². The van der Waals surface area contributed by atoms with Gasteiger partial charge in [0.2, 0.25) is 0 Å². The first-order chi connectivity index (χ1) is 7.76. The van der Waals surface area contributed by atoms with Crippen molar-refractivity contribution in [2.45, 2.75) is 13.5 Å². The third kappa shape index (κ3) is 1.86. The minimum Gasteiger partial charge on any atom is -0.388 e. The Morgan fingerprint density at radius 1 is 1.38 bits per heavy atom. The highest BCUT2D eigenvalue weighted by atomic mass is 16.5. The van der Waals surface area contributed by atoms with Crippen LogP contribution < -0.4 is 5.32 Å². The van der Waals surface area contributed by atoms with Crippen LogP contribution >= 0.6 is 0 Å². The van der Waals surface area contributed by atoms with E-state index in [1.54, 1.807) is 7.11 Å². The Morgan fingerprint density at radius 2 is 2.19 bits per heavy atom. The molecule has 16 heavy (non-hydrogen) atoms. The van der Waals surface area contributed by atoms with Crippen molar-refractivity contribution in [1.29, 1.82) is 0 Å². The second kappa shape index (κ2) is 4.49. The monoisotopic (exact) mass is 216 g/mol. The number of methoxy groups -OCH3 is 1. The fourth-order valence-corrected chi connectivity index (χ4v) is 1.87. The molecule has 0 unspecified atom stereocenters. The molecule has 0 saturated heterocycles. The second-order valence-electron chi connectivity index (χ2n) is 3.82. The summed E-state index contributed by atoms with van der Waals surface area (Å²) in [4.78, 5) is 4.61. The van der Waals surface area contributed by atoms with Crippen LogP contribution in [0, 0.1) is 6.92 Å². The number of nitrogens with zero attached hydrogens (tertiary/aromatic N) is 1. The smallest absolute Gasteiger partial charge is 0.0885 e. The van der Waals surface area contributed by atoms with E-state index in [2.05, 4.69) is 35.4 Å². The number of nitrogens with one attached hydrogen (secondary N) is 1. The minimum absolute atomic E-state index is 0.541. The van der Waals surface area contributed by atoms with Crippen LogP contribution in [-0.2, 0) is 11.3 Å². The molecule has 0 aliphatic carbocycles. The topological polar surface area (TPSA) is 34.1 Å². The van der Waals surface area contributed by atoms with Crippen molar-refractivity contribution in [3.05, 3.63) is 35.5 Å². The zero-order valence-electron chi connectivity index (χ0n) is 9.87. The van der Waals surface area contributed by atoms with Gasteiger partial charge < -0.3 is 10.1 Å². The lowest BCUT2D eigenvalue weighted by Gasteiger charge is -2.10. The average Bonchev–Trinajstić information content (AvgIpc) is 2.30. The van der Waals surface area contributed by atoms with Gasteiger partial charge in [-0.25, -0.2) is 4.98 Å². The van der Waals surface area contributed by atoms with Crippen LogP contribution in [0.2, 0.25) is 0 Å². The molecule has 0 radical (unpaired) electrons. The third-order valence-corrected chi connectivity index (χ3v) is 2.66. The summed E-state index contributed by atoms with van der Waals surface area (Å²) in [6.07, 6.45) is 0. The number of para-hydroxylation sites is 1. The van der Waals surface area contributed by atoms with Crippen molar-refractivity contribution in [2.24, 2.45) is 0 Å². The van der Waals surface area contributed by atoms with Gasteiger partial charge in [-0.3, -0.25) is 0 Å². The van der Waals surface area contributed by atoms with Gasteiger partial charge in [-0.1, -0.05) is 18.2 Å². The molecule has 84 valence electrons. The van der Waals surface area contributed by atoms with Crippen molar-refractivity contribution < 1.29 is 4.74 Å². The van der Waals surface area contributed by atoms with E-state index in [9.17, 15) is 0 Å². The normalized spacial score (nSPS) is 10.7. The van der Waals surface area contributed by atoms with Gasteiger partial charge in [-0.05, 0) is 18.6 Å². The van der Waals surface area contributed by atoms with Crippen LogP contribution in [-0.4, -0.2) is 19.1 Å². The fraction of sp³-hybridized carbons (Fsp3) is 0.308. The van der Waals surface area contributed by atoms with Gasteiger partial charge in [-0.15, -0.1) is 0 Å². The number of rotatable bonds is 3. The Balaban J connectivity index is 2.69. The standard InChI is InChI=1S/C13H16N2O/c1-9-5-4-6-11-12(14-2)7-10(8-16-3)15-13(9)11/h4-7H,8H2,1-3H3,(H,14,15). The highest BCUT2D eigenvalue weighted by Crippen LogP contribution is 2.25. The average molecular weight is 216 g/mol. The van der Waals surface area contributed by atoms with Crippen LogP contribution in [0.1, 0.15) is 11.3 Å². The molecule has 0 aliphatic rings. The molecular formula is C13H16N2O. The molecule has 2 aromatic rings. The largest absolute Gasteiger partial charge is 0.388 e. The first kappa shape index (κ1) is 10.9. The Hall–Kier alpha value is -1.61. The summed E-state index contributed by atoms with van der Waals surface area (Å²) >= 11 is 0. The van der Waals surface area contributed by atoms with E-state index in [0.717, 1.165) is 22.3 Å². The lowest BCUT2D eigenvalue weighted by Crippen LogP contribution is -1.98. The number of hydrogen-bond acceptors (Lipinski definition) is 3. The van der Waals surface area contributed by atoms with Crippen molar-refractivity contribution in [3.63, 3.8) is 0 Å². The number of ether oxygens (including phenoxy) is 1. The van der Waals surface area contributed by atoms with Crippen molar-refractivity contribution in [3.8, 4) is 0 Å². The highest BCUT2D eigenvalue weighted by Gasteiger charge is 2.06. The quantitative estimate of drug-likeness (QED) is 0.856. The van der Waals surface area contributed by atoms with Crippen molar-refractivity contribution >= 4 is 16.6 Å². The lowest BCUT2D eigenvalue weighted by atomic mass is 10.1. The Labute approximate surface area is 95.5 Å². The third-order valence-electron chi connectivity index (χ3n) is 2.66. The molecule has 0 aliphatic heterocycles. The number of benzene rings is 1. The van der Waals surface area contributed by atoms with Crippen LogP contribution in [0.4, 0.5) is 5.69 Å². The van der Waals surface area contributed by atoms with Gasteiger partial charge in [0.25, 0.3) is 0 Å². The molecule has 0 bridgehead atoms. The predicted molar refractivity (Wildman–Crippen MR) is 66.7 cm³/mol. The SMILES string of the molecule is CNc1cc(COC)nc2c(C)cccc12. The second-order valence-corrected chi connectivity index (χ2v) is 3.82. The summed E-state index contributed by atoms with van der Waals surface area (Å²) < 4.78 is 5.13. The van der Waals surface area contributed by atoms with Gasteiger partial charge in [0.15, 0.2) is 0 Å². The summed E-state index contributed by atoms with van der Waals surface area (Å²) in [6, 6.07) is 8.24. The van der Waals surface area contributed by atoms with E-state index < -0.39 is 0 Å². The van der Waals surface area contributed by atoms with Gasteiger partial charge in [-0.2, -0.15) is 0 Å². The Morgan fingerprint density at radius 3 is 2.88 bits per heavy atom. The number of hydrogen-bond donors (Lipinski definition) is 1. The molecule has 1 aromatic heterocycles. The predicted octanol–water partition coefficient (Wildman–Crippen LogP) is 2.73. The van der Waals surface area contributed by atoms with Gasteiger partial charge >= 0.3 is 0 Å². The van der Waals surface area contributed by atoms with Crippen LogP contribution in [0.15, 0.2) is 24.3 Å². The molecule has 3 nitrogen and oxygen atoms in total. The molecule has 0 saturated carbocycles. The van der Waals surface area contributed by atoms with E-state index >= 15 is 0 Å². The minimum atomic E-state index is 0.541. The fourth-order valence-electron chi connectivity index (χ4n) is 1.87. The number of anilines is 1. The first-order valence-electron chi connectivity index (χ1n) is 5.32. The summed E-state index contributed by atoms with van der Waals surface area (Å²) in [5, 5.41) is 4.36. The van der Waals surface area contributed by atoms with Gasteiger partial charge in [0.1, 0.15) is 0 Å². The van der Waals surface area contributed by atoms with E-state index in [-0.39, 0.29) is 0 Å². The molecule has 0 atom stereocenters. The maximum atomic E-state index is 5.13. The Kier molecular flexibility index (Phi) is 3.06. The molecule has 1 N–H and O–H groups in total. The molecule has 0 fully saturated rings. The van der Waals surface area contributed by atoms with Gasteiger partial charge in [0.05, 0.1) is 17.8 Å². The summed E-state index contributed by atoms with van der Waals surface area (Å²) in [5.74, 6) is 0. The van der Waals surface area contributed by atoms with Crippen LogP contribution in [0.25, 0.3) is 10.9 Å². The van der Waals surface area contributed by atoms with Crippen LogP contribution in [0.3, 0.4) is 0 Å². The van der Waals surface area contributed by atoms with Crippen molar-refractivity contribution in [2.75, 3.05) is 19.5 Å². The molecule has 3 heteroatoms. The Bertz CT molecular complexity index is 509. The highest BCUT2D eigenvalue weighted by molar-refractivity contribution is 5.93. The lowest BCUT2D eigenvalue weighted by molar-refractivity contribution is 0.182. The van der Waals surface area contributed by atoms with Gasteiger partial charge in [0, 0.05) is 25.2 Å². The van der Waals surface area contributed by atoms with Crippen LogP contribution in [0.5, 0.6) is 0 Å². The van der Waals surface area contributed by atoms with E-state index in [4.69, 9.17) is 4.74 Å². The number of aryl methyl sites for hydroxylation is 1. The molecule has 2 rings (SSSR count). The van der Waals surface area contributed by atoms with Crippen molar-refractivity contribution in [1.82, 2.24) is 4.98 Å².